The molecule has 1 aliphatic heterocycles. The third kappa shape index (κ3) is 2.91. The van der Waals surface area contributed by atoms with Gasteiger partial charge in [0.05, 0.1) is 11.7 Å². The molecular formula is C16H31NO. The summed E-state index contributed by atoms with van der Waals surface area (Å²) in [6, 6.07) is 0. The summed E-state index contributed by atoms with van der Waals surface area (Å²) in [6.45, 7) is 7.68. The summed E-state index contributed by atoms with van der Waals surface area (Å²) in [5, 5.41) is 0. The van der Waals surface area contributed by atoms with Gasteiger partial charge in [0.2, 0.25) is 0 Å². The van der Waals surface area contributed by atoms with Crippen LogP contribution in [-0.2, 0) is 4.74 Å². The highest BCUT2D eigenvalue weighted by atomic mass is 16.5. The van der Waals surface area contributed by atoms with Gasteiger partial charge in [-0.15, -0.1) is 0 Å². The quantitative estimate of drug-likeness (QED) is 0.825. The van der Waals surface area contributed by atoms with Crippen molar-refractivity contribution in [3.63, 3.8) is 0 Å². The van der Waals surface area contributed by atoms with Crippen molar-refractivity contribution < 1.29 is 4.74 Å². The minimum Gasteiger partial charge on any atom is -0.372 e. The lowest BCUT2D eigenvalue weighted by atomic mass is 9.74. The zero-order valence-electron chi connectivity index (χ0n) is 12.5. The monoisotopic (exact) mass is 253 g/mol. The molecule has 2 rings (SSSR count). The normalized spacial score (nSPS) is 30.8. The SMILES string of the molecule is CC(C)C(C)(CN)CC1CCC2(CCCCC2)O1. The Kier molecular flexibility index (Phi) is 4.38. The number of rotatable bonds is 4. The molecule has 1 saturated heterocycles. The second kappa shape index (κ2) is 5.50. The first kappa shape index (κ1) is 14.3. The maximum Gasteiger partial charge on any atom is 0.0687 e. The van der Waals surface area contributed by atoms with Gasteiger partial charge in [-0.1, -0.05) is 40.0 Å². The summed E-state index contributed by atoms with van der Waals surface area (Å²) in [7, 11) is 0. The number of nitrogens with two attached hydrogens (primary N) is 1. The Hall–Kier alpha value is -0.0800. The van der Waals surface area contributed by atoms with Gasteiger partial charge in [-0.2, -0.15) is 0 Å². The van der Waals surface area contributed by atoms with Crippen molar-refractivity contribution in [2.45, 2.75) is 83.8 Å². The molecule has 2 nitrogen and oxygen atoms in total. The summed E-state index contributed by atoms with van der Waals surface area (Å²) >= 11 is 0. The maximum absolute atomic E-state index is 6.48. The van der Waals surface area contributed by atoms with Crippen LogP contribution in [0.5, 0.6) is 0 Å². The van der Waals surface area contributed by atoms with Gasteiger partial charge >= 0.3 is 0 Å². The standard InChI is InChI=1S/C16H31NO/c1-13(2)15(3,12-17)11-14-7-10-16(18-14)8-5-4-6-9-16/h13-14H,4-12,17H2,1-3H3. The van der Waals surface area contributed by atoms with Crippen molar-refractivity contribution in [2.75, 3.05) is 6.54 Å². The van der Waals surface area contributed by atoms with E-state index in [9.17, 15) is 0 Å². The smallest absolute Gasteiger partial charge is 0.0687 e. The lowest BCUT2D eigenvalue weighted by molar-refractivity contribution is -0.0785. The highest BCUT2D eigenvalue weighted by Gasteiger charge is 2.43. The van der Waals surface area contributed by atoms with E-state index < -0.39 is 0 Å². The Labute approximate surface area is 113 Å². The molecule has 1 heterocycles. The van der Waals surface area contributed by atoms with Gasteiger partial charge < -0.3 is 10.5 Å². The van der Waals surface area contributed by atoms with Gasteiger partial charge in [0.1, 0.15) is 0 Å². The summed E-state index contributed by atoms with van der Waals surface area (Å²) < 4.78 is 6.48. The molecule has 2 N–H and O–H groups in total. The predicted octanol–water partition coefficient (Wildman–Crippen LogP) is 3.88. The maximum atomic E-state index is 6.48. The molecule has 0 bridgehead atoms. The molecule has 0 amide bonds. The van der Waals surface area contributed by atoms with Crippen molar-refractivity contribution in [2.24, 2.45) is 17.1 Å². The zero-order valence-corrected chi connectivity index (χ0v) is 12.5. The number of hydrogen-bond acceptors (Lipinski definition) is 2. The molecule has 0 aromatic carbocycles. The summed E-state index contributed by atoms with van der Waals surface area (Å²) in [6.07, 6.45) is 10.9. The highest BCUT2D eigenvalue weighted by Crippen LogP contribution is 2.45. The Bertz CT molecular complexity index is 270. The highest BCUT2D eigenvalue weighted by molar-refractivity contribution is 4.93. The average Bonchev–Trinajstić information content (AvgIpc) is 2.72. The minimum absolute atomic E-state index is 0.241. The van der Waals surface area contributed by atoms with Crippen LogP contribution >= 0.6 is 0 Å². The van der Waals surface area contributed by atoms with Gasteiger partial charge in [0.25, 0.3) is 0 Å². The van der Waals surface area contributed by atoms with Crippen molar-refractivity contribution in [1.29, 1.82) is 0 Å². The molecule has 2 fully saturated rings. The summed E-state index contributed by atoms with van der Waals surface area (Å²) in [5.74, 6) is 0.633. The zero-order chi connectivity index (χ0) is 13.2. The van der Waals surface area contributed by atoms with Crippen LogP contribution in [0.3, 0.4) is 0 Å². The lowest BCUT2D eigenvalue weighted by Crippen LogP contribution is -2.38. The molecule has 18 heavy (non-hydrogen) atoms. The van der Waals surface area contributed by atoms with E-state index in [1.807, 2.05) is 0 Å². The Morgan fingerprint density at radius 2 is 1.89 bits per heavy atom. The van der Waals surface area contributed by atoms with Crippen LogP contribution in [0.4, 0.5) is 0 Å². The lowest BCUT2D eigenvalue weighted by Gasteiger charge is -2.37. The summed E-state index contributed by atoms with van der Waals surface area (Å²) in [4.78, 5) is 0. The fourth-order valence-electron chi connectivity index (χ4n) is 3.68. The molecule has 2 heteroatoms. The Balaban J connectivity index is 1.92. The molecule has 1 aliphatic carbocycles. The third-order valence-electron chi connectivity index (χ3n) is 5.66. The Morgan fingerprint density at radius 3 is 2.44 bits per heavy atom. The van der Waals surface area contributed by atoms with Gasteiger partial charge in [-0.3, -0.25) is 0 Å². The van der Waals surface area contributed by atoms with Crippen molar-refractivity contribution in [3.05, 3.63) is 0 Å². The molecule has 0 aromatic heterocycles. The molecule has 1 spiro atoms. The fraction of sp³-hybridized carbons (Fsp3) is 1.00. The second-order valence-electron chi connectivity index (χ2n) is 7.24. The van der Waals surface area contributed by atoms with E-state index in [0.717, 1.165) is 13.0 Å². The van der Waals surface area contributed by atoms with Gasteiger partial charge in [0, 0.05) is 0 Å². The molecule has 0 radical (unpaired) electrons. The fourth-order valence-corrected chi connectivity index (χ4v) is 3.68. The first-order valence-corrected chi connectivity index (χ1v) is 7.88. The molecule has 2 aliphatic rings. The van der Waals surface area contributed by atoms with E-state index in [1.165, 1.54) is 44.9 Å². The van der Waals surface area contributed by atoms with Crippen LogP contribution in [0.2, 0.25) is 0 Å². The molecular weight excluding hydrogens is 222 g/mol. The first-order chi connectivity index (χ1) is 8.50. The van der Waals surface area contributed by atoms with E-state index in [0.29, 0.717) is 12.0 Å². The average molecular weight is 253 g/mol. The third-order valence-corrected chi connectivity index (χ3v) is 5.66. The van der Waals surface area contributed by atoms with Gasteiger partial charge in [-0.05, 0) is 50.0 Å². The largest absolute Gasteiger partial charge is 0.372 e. The summed E-state index contributed by atoms with van der Waals surface area (Å²) in [5.41, 5.74) is 6.50. The van der Waals surface area contributed by atoms with Crippen LogP contribution in [0.15, 0.2) is 0 Å². The molecule has 2 unspecified atom stereocenters. The molecule has 2 atom stereocenters. The van der Waals surface area contributed by atoms with Crippen LogP contribution in [0, 0.1) is 11.3 Å². The van der Waals surface area contributed by atoms with E-state index in [2.05, 4.69) is 20.8 Å². The number of hydrogen-bond donors (Lipinski definition) is 1. The number of ether oxygens (including phenoxy) is 1. The topological polar surface area (TPSA) is 35.2 Å². The molecule has 1 saturated carbocycles. The van der Waals surface area contributed by atoms with Crippen molar-refractivity contribution >= 4 is 0 Å². The predicted molar refractivity (Wildman–Crippen MR) is 76.5 cm³/mol. The van der Waals surface area contributed by atoms with Crippen LogP contribution in [0.25, 0.3) is 0 Å². The van der Waals surface area contributed by atoms with Gasteiger partial charge in [-0.25, -0.2) is 0 Å². The first-order valence-electron chi connectivity index (χ1n) is 7.88. The van der Waals surface area contributed by atoms with Crippen LogP contribution in [0.1, 0.15) is 72.1 Å². The van der Waals surface area contributed by atoms with E-state index in [4.69, 9.17) is 10.5 Å². The van der Waals surface area contributed by atoms with E-state index in [-0.39, 0.29) is 11.0 Å². The van der Waals surface area contributed by atoms with E-state index in [1.54, 1.807) is 0 Å². The van der Waals surface area contributed by atoms with Crippen molar-refractivity contribution in [1.82, 2.24) is 0 Å². The van der Waals surface area contributed by atoms with Crippen LogP contribution in [-0.4, -0.2) is 18.2 Å². The second-order valence-corrected chi connectivity index (χ2v) is 7.24. The minimum atomic E-state index is 0.241. The van der Waals surface area contributed by atoms with E-state index >= 15 is 0 Å². The van der Waals surface area contributed by atoms with Crippen LogP contribution < -0.4 is 5.73 Å². The van der Waals surface area contributed by atoms with Crippen molar-refractivity contribution in [3.8, 4) is 0 Å². The molecule has 0 aromatic rings. The van der Waals surface area contributed by atoms with Gasteiger partial charge in [0.15, 0.2) is 0 Å². The molecule has 106 valence electrons. The Morgan fingerprint density at radius 1 is 1.22 bits per heavy atom.